The highest BCUT2D eigenvalue weighted by atomic mass is 32.1. The fourth-order valence-electron chi connectivity index (χ4n) is 3.64. The zero-order valence-corrected chi connectivity index (χ0v) is 16.3. The van der Waals surface area contributed by atoms with Crippen LogP contribution in [0.15, 0.2) is 24.3 Å². The number of pyridine rings is 1. The van der Waals surface area contributed by atoms with Crippen molar-refractivity contribution in [1.82, 2.24) is 4.98 Å². The number of halogens is 1. The van der Waals surface area contributed by atoms with Crippen LogP contribution < -0.4 is 11.1 Å². The Balaban J connectivity index is 1.66. The molecule has 1 atom stereocenters. The largest absolute Gasteiger partial charge is 0.397 e. The number of rotatable bonds is 3. The summed E-state index contributed by atoms with van der Waals surface area (Å²) >= 11 is 1.30. The smallest absolute Gasteiger partial charge is 0.267 e. The summed E-state index contributed by atoms with van der Waals surface area (Å²) in [5, 5.41) is 3.58. The number of amides is 1. The average molecular weight is 383 g/mol. The molecule has 140 valence electrons. The van der Waals surface area contributed by atoms with Crippen molar-refractivity contribution in [2.45, 2.75) is 39.5 Å². The Morgan fingerprint density at radius 2 is 2.22 bits per heavy atom. The fourth-order valence-corrected chi connectivity index (χ4v) is 4.63. The molecule has 2 aromatic heterocycles. The van der Waals surface area contributed by atoms with Gasteiger partial charge in [-0.05, 0) is 61.4 Å². The normalized spacial score (nSPS) is 16.3. The summed E-state index contributed by atoms with van der Waals surface area (Å²) in [5.74, 6) is 0.0101. The lowest BCUT2D eigenvalue weighted by Gasteiger charge is -2.22. The number of aryl methyl sites for hydroxylation is 2. The molecular weight excluding hydrogens is 361 g/mol. The van der Waals surface area contributed by atoms with Crippen LogP contribution in [0.5, 0.6) is 0 Å². The quantitative estimate of drug-likeness (QED) is 0.662. The highest BCUT2D eigenvalue weighted by Crippen LogP contribution is 2.37. The average Bonchev–Trinajstić information content (AvgIpc) is 2.98. The van der Waals surface area contributed by atoms with Gasteiger partial charge < -0.3 is 11.1 Å². The molecule has 0 saturated heterocycles. The third-order valence-electron chi connectivity index (χ3n) is 5.40. The van der Waals surface area contributed by atoms with Crippen molar-refractivity contribution < 1.29 is 9.18 Å². The predicted molar refractivity (Wildman–Crippen MR) is 109 cm³/mol. The van der Waals surface area contributed by atoms with Crippen LogP contribution in [0, 0.1) is 18.7 Å². The van der Waals surface area contributed by atoms with Gasteiger partial charge in [-0.1, -0.05) is 19.4 Å². The number of nitrogens with zero attached hydrogens (tertiary/aromatic N) is 1. The molecule has 1 aromatic carbocycles. The first-order chi connectivity index (χ1) is 13.0. The molecule has 0 fully saturated rings. The molecule has 1 aliphatic rings. The van der Waals surface area contributed by atoms with Gasteiger partial charge >= 0.3 is 0 Å². The number of fused-ring (bicyclic) bond motifs is 2. The molecular formula is C21H22FN3OS. The fraction of sp³-hybridized carbons (Fsp3) is 0.333. The zero-order chi connectivity index (χ0) is 19.1. The second kappa shape index (κ2) is 6.93. The van der Waals surface area contributed by atoms with E-state index < -0.39 is 0 Å². The minimum Gasteiger partial charge on any atom is -0.397 e. The molecule has 4 nitrogen and oxygen atoms in total. The van der Waals surface area contributed by atoms with Gasteiger partial charge in [0.2, 0.25) is 0 Å². The Kier molecular flexibility index (Phi) is 4.60. The summed E-state index contributed by atoms with van der Waals surface area (Å²) in [7, 11) is 0. The van der Waals surface area contributed by atoms with Crippen molar-refractivity contribution in [3.05, 3.63) is 51.8 Å². The lowest BCUT2D eigenvalue weighted by molar-refractivity contribution is 0.103. The number of nitrogen functional groups attached to an aromatic ring is 1. The number of aromatic nitrogens is 1. The lowest BCUT2D eigenvalue weighted by atomic mass is 9.85. The van der Waals surface area contributed by atoms with E-state index in [1.807, 2.05) is 0 Å². The molecule has 0 radical (unpaired) electrons. The van der Waals surface area contributed by atoms with Gasteiger partial charge in [0.05, 0.1) is 5.69 Å². The molecule has 6 heteroatoms. The maximum atomic E-state index is 13.7. The summed E-state index contributed by atoms with van der Waals surface area (Å²) in [6.45, 7) is 3.90. The summed E-state index contributed by atoms with van der Waals surface area (Å²) in [6, 6.07) is 6.74. The van der Waals surface area contributed by atoms with E-state index in [0.717, 1.165) is 41.6 Å². The molecule has 3 aromatic rings. The zero-order valence-electron chi connectivity index (χ0n) is 15.4. The Labute approximate surface area is 161 Å². The Hall–Kier alpha value is -2.47. The van der Waals surface area contributed by atoms with Gasteiger partial charge in [-0.2, -0.15) is 0 Å². The minimum atomic E-state index is -0.350. The Morgan fingerprint density at radius 1 is 1.41 bits per heavy atom. The van der Waals surface area contributed by atoms with Crippen molar-refractivity contribution in [2.24, 2.45) is 5.92 Å². The van der Waals surface area contributed by atoms with Gasteiger partial charge in [0, 0.05) is 16.8 Å². The van der Waals surface area contributed by atoms with E-state index in [1.54, 1.807) is 19.1 Å². The van der Waals surface area contributed by atoms with Gasteiger partial charge in [0.25, 0.3) is 5.91 Å². The van der Waals surface area contributed by atoms with Crippen LogP contribution in [-0.2, 0) is 12.8 Å². The third-order valence-corrected chi connectivity index (χ3v) is 6.51. The maximum Gasteiger partial charge on any atom is 0.267 e. The van der Waals surface area contributed by atoms with Crippen LogP contribution in [0.25, 0.3) is 10.2 Å². The van der Waals surface area contributed by atoms with Gasteiger partial charge in [-0.3, -0.25) is 4.79 Å². The lowest BCUT2D eigenvalue weighted by Crippen LogP contribution is -2.14. The standard InChI is InChI=1S/C21H22FN3OS/c1-3-12-5-7-17-13(8-12)9-15-18(23)19(27-21(15)25-17)20(26)24-14-6-4-11(2)16(22)10-14/h4,6,9-10,12H,3,5,7-8,23H2,1-2H3,(H,24,26). The monoisotopic (exact) mass is 383 g/mol. The molecule has 1 unspecified atom stereocenters. The van der Waals surface area contributed by atoms with Crippen LogP contribution in [0.1, 0.15) is 46.3 Å². The first-order valence-electron chi connectivity index (χ1n) is 9.24. The molecule has 3 N–H and O–H groups in total. The van der Waals surface area contributed by atoms with Crippen molar-refractivity contribution in [3.8, 4) is 0 Å². The van der Waals surface area contributed by atoms with E-state index in [9.17, 15) is 9.18 Å². The van der Waals surface area contributed by atoms with Gasteiger partial charge in [-0.15, -0.1) is 11.3 Å². The minimum absolute atomic E-state index is 0.330. The second-order valence-electron chi connectivity index (χ2n) is 7.23. The molecule has 1 amide bonds. The molecule has 1 aliphatic carbocycles. The highest BCUT2D eigenvalue weighted by Gasteiger charge is 2.23. The van der Waals surface area contributed by atoms with E-state index in [2.05, 4.69) is 18.3 Å². The van der Waals surface area contributed by atoms with Crippen LogP contribution in [0.2, 0.25) is 0 Å². The number of nitrogens with two attached hydrogens (primary N) is 1. The Bertz CT molecular complexity index is 1040. The first-order valence-corrected chi connectivity index (χ1v) is 10.1. The van der Waals surface area contributed by atoms with Crippen molar-refractivity contribution in [1.29, 1.82) is 0 Å². The van der Waals surface area contributed by atoms with Crippen LogP contribution in [0.3, 0.4) is 0 Å². The number of carbonyl (C=O) groups is 1. The number of hydrogen-bond donors (Lipinski definition) is 2. The number of thiophene rings is 1. The second-order valence-corrected chi connectivity index (χ2v) is 8.23. The van der Waals surface area contributed by atoms with E-state index >= 15 is 0 Å². The number of hydrogen-bond acceptors (Lipinski definition) is 4. The maximum absolute atomic E-state index is 13.7. The molecule has 2 heterocycles. The molecule has 4 rings (SSSR count). The summed E-state index contributed by atoms with van der Waals surface area (Å²) in [4.78, 5) is 18.7. The molecule has 0 aliphatic heterocycles. The number of benzene rings is 1. The van der Waals surface area contributed by atoms with Gasteiger partial charge in [0.15, 0.2) is 0 Å². The number of nitrogens with one attached hydrogen (secondary N) is 1. The summed E-state index contributed by atoms with van der Waals surface area (Å²) < 4.78 is 13.7. The predicted octanol–water partition coefficient (Wildman–Crippen LogP) is 5.09. The van der Waals surface area contributed by atoms with Gasteiger partial charge in [-0.25, -0.2) is 9.37 Å². The number of carbonyl (C=O) groups excluding carboxylic acids is 1. The Morgan fingerprint density at radius 3 is 2.96 bits per heavy atom. The van der Waals surface area contributed by atoms with E-state index in [4.69, 9.17) is 10.7 Å². The van der Waals surface area contributed by atoms with Crippen LogP contribution in [0.4, 0.5) is 15.8 Å². The van der Waals surface area contributed by atoms with E-state index in [0.29, 0.717) is 27.7 Å². The van der Waals surface area contributed by atoms with Gasteiger partial charge in [0.1, 0.15) is 15.5 Å². The van der Waals surface area contributed by atoms with Crippen LogP contribution >= 0.6 is 11.3 Å². The third kappa shape index (κ3) is 3.30. The molecule has 0 bridgehead atoms. The summed E-state index contributed by atoms with van der Waals surface area (Å²) in [6.07, 6.45) is 4.33. The van der Waals surface area contributed by atoms with Crippen molar-refractivity contribution in [2.75, 3.05) is 11.1 Å². The number of anilines is 2. The van der Waals surface area contributed by atoms with Crippen LogP contribution in [-0.4, -0.2) is 10.9 Å². The SMILES string of the molecule is CCC1CCc2nc3sc(C(=O)Nc4ccc(C)c(F)c4)c(N)c3cc2C1. The van der Waals surface area contributed by atoms with Crippen molar-refractivity contribution in [3.63, 3.8) is 0 Å². The molecule has 0 spiro atoms. The highest BCUT2D eigenvalue weighted by molar-refractivity contribution is 7.21. The molecule has 27 heavy (non-hydrogen) atoms. The molecule has 0 saturated carbocycles. The first kappa shape index (κ1) is 17.9. The summed E-state index contributed by atoms with van der Waals surface area (Å²) in [5.41, 5.74) is 10.1. The topological polar surface area (TPSA) is 68.0 Å². The van der Waals surface area contributed by atoms with E-state index in [-0.39, 0.29) is 11.7 Å². The van der Waals surface area contributed by atoms with E-state index in [1.165, 1.54) is 23.0 Å². The van der Waals surface area contributed by atoms with Crippen molar-refractivity contribution >= 4 is 38.8 Å².